The highest BCUT2D eigenvalue weighted by molar-refractivity contribution is 6.39. The quantitative estimate of drug-likeness (QED) is 0.702. The van der Waals surface area contributed by atoms with Crippen LogP contribution in [0.5, 0.6) is 5.75 Å². The number of carbonyl (C=O) groups is 2. The molecule has 1 saturated heterocycles. The summed E-state index contributed by atoms with van der Waals surface area (Å²) in [6.07, 6.45) is 3.71. The van der Waals surface area contributed by atoms with Crippen molar-refractivity contribution in [3.8, 4) is 5.75 Å². The fraction of sp³-hybridized carbons (Fsp3) is 0.417. The van der Waals surface area contributed by atoms with Gasteiger partial charge in [-0.3, -0.25) is 9.59 Å². The van der Waals surface area contributed by atoms with Gasteiger partial charge < -0.3 is 20.3 Å². The molecule has 1 unspecified atom stereocenters. The second-order valence-electron chi connectivity index (χ2n) is 7.72. The van der Waals surface area contributed by atoms with Crippen LogP contribution in [0.15, 0.2) is 42.5 Å². The number of nitrogens with zero attached hydrogens (tertiary/aromatic N) is 1. The average Bonchev–Trinajstić information content (AvgIpc) is 2.76. The number of hydrogen-bond acceptors (Lipinski definition) is 4. The second kappa shape index (κ2) is 10.1. The SMILES string of the molecule is CCOc1ccc(C)cc1C(C)NC(=O)C(=O)Nc1ccc(N2CCCCC2)cc1. The number of benzene rings is 2. The Bertz CT molecular complexity index is 874. The Labute approximate surface area is 178 Å². The number of piperidine rings is 1. The number of ether oxygens (including phenoxy) is 1. The predicted molar refractivity (Wildman–Crippen MR) is 120 cm³/mol. The maximum absolute atomic E-state index is 12.4. The van der Waals surface area contributed by atoms with E-state index in [1.54, 1.807) is 0 Å². The largest absolute Gasteiger partial charge is 0.494 e. The Hall–Kier alpha value is -3.02. The van der Waals surface area contributed by atoms with Gasteiger partial charge in [0.15, 0.2) is 0 Å². The molecule has 0 spiro atoms. The van der Waals surface area contributed by atoms with E-state index in [1.165, 1.54) is 19.3 Å². The molecule has 160 valence electrons. The number of rotatable bonds is 6. The first kappa shape index (κ1) is 21.7. The van der Waals surface area contributed by atoms with E-state index in [1.807, 2.05) is 63.2 Å². The summed E-state index contributed by atoms with van der Waals surface area (Å²) in [5, 5.41) is 5.45. The fourth-order valence-corrected chi connectivity index (χ4v) is 3.73. The third-order valence-electron chi connectivity index (χ3n) is 5.33. The van der Waals surface area contributed by atoms with Crippen molar-refractivity contribution in [3.05, 3.63) is 53.6 Å². The van der Waals surface area contributed by atoms with Gasteiger partial charge in [-0.05, 0) is 70.4 Å². The molecule has 3 rings (SSSR count). The minimum absolute atomic E-state index is 0.355. The highest BCUT2D eigenvalue weighted by Crippen LogP contribution is 2.26. The van der Waals surface area contributed by atoms with Crippen molar-refractivity contribution >= 4 is 23.2 Å². The van der Waals surface area contributed by atoms with E-state index < -0.39 is 11.8 Å². The molecule has 0 radical (unpaired) electrons. The van der Waals surface area contributed by atoms with Crippen molar-refractivity contribution in [1.29, 1.82) is 0 Å². The molecule has 2 amide bonds. The van der Waals surface area contributed by atoms with Gasteiger partial charge in [-0.1, -0.05) is 17.7 Å². The van der Waals surface area contributed by atoms with E-state index in [4.69, 9.17) is 4.74 Å². The molecule has 2 aromatic rings. The number of nitrogens with one attached hydrogen (secondary N) is 2. The monoisotopic (exact) mass is 409 g/mol. The Morgan fingerprint density at radius 1 is 1.03 bits per heavy atom. The fourth-order valence-electron chi connectivity index (χ4n) is 3.73. The minimum atomic E-state index is -0.682. The third-order valence-corrected chi connectivity index (χ3v) is 5.33. The van der Waals surface area contributed by atoms with Gasteiger partial charge in [0.05, 0.1) is 12.6 Å². The summed E-state index contributed by atoms with van der Waals surface area (Å²) in [6.45, 7) is 8.40. The van der Waals surface area contributed by atoms with E-state index in [0.717, 1.165) is 29.9 Å². The molecule has 1 fully saturated rings. The topological polar surface area (TPSA) is 70.7 Å². The Morgan fingerprint density at radius 2 is 1.73 bits per heavy atom. The molecular weight excluding hydrogens is 378 g/mol. The van der Waals surface area contributed by atoms with Crippen LogP contribution in [0.2, 0.25) is 0 Å². The zero-order chi connectivity index (χ0) is 21.5. The lowest BCUT2D eigenvalue weighted by atomic mass is 10.0. The molecule has 0 saturated carbocycles. The smallest absolute Gasteiger partial charge is 0.313 e. The summed E-state index contributed by atoms with van der Waals surface area (Å²) in [7, 11) is 0. The lowest BCUT2D eigenvalue weighted by Crippen LogP contribution is -2.37. The standard InChI is InChI=1S/C24H31N3O3/c1-4-30-22-13-8-17(2)16-21(22)18(3)25-23(28)24(29)26-19-9-11-20(12-10-19)27-14-6-5-7-15-27/h8-13,16,18H,4-7,14-15H2,1-3H3,(H,25,28)(H,26,29). The Balaban J connectivity index is 1.59. The molecular formula is C24H31N3O3. The first-order valence-electron chi connectivity index (χ1n) is 10.7. The number of amides is 2. The number of anilines is 2. The maximum atomic E-state index is 12.4. The van der Waals surface area contributed by atoms with E-state index in [9.17, 15) is 9.59 Å². The molecule has 30 heavy (non-hydrogen) atoms. The van der Waals surface area contributed by atoms with Crippen molar-refractivity contribution in [3.63, 3.8) is 0 Å². The normalized spacial score (nSPS) is 14.7. The van der Waals surface area contributed by atoms with Crippen LogP contribution in [0.4, 0.5) is 11.4 Å². The Kier molecular flexibility index (Phi) is 7.33. The summed E-state index contributed by atoms with van der Waals surface area (Å²) < 4.78 is 5.66. The van der Waals surface area contributed by atoms with E-state index in [2.05, 4.69) is 15.5 Å². The molecule has 1 atom stereocenters. The number of aryl methyl sites for hydroxylation is 1. The molecule has 6 heteroatoms. The zero-order valence-electron chi connectivity index (χ0n) is 18.0. The molecule has 1 aliphatic heterocycles. The van der Waals surface area contributed by atoms with Crippen LogP contribution in [0, 0.1) is 6.92 Å². The van der Waals surface area contributed by atoms with Gasteiger partial charge in [-0.2, -0.15) is 0 Å². The van der Waals surface area contributed by atoms with E-state index in [-0.39, 0.29) is 6.04 Å². The van der Waals surface area contributed by atoms with Crippen molar-refractivity contribution in [2.75, 3.05) is 29.9 Å². The van der Waals surface area contributed by atoms with Gasteiger partial charge in [0, 0.05) is 30.0 Å². The highest BCUT2D eigenvalue weighted by Gasteiger charge is 2.20. The average molecular weight is 410 g/mol. The summed E-state index contributed by atoms with van der Waals surface area (Å²) in [5.41, 5.74) is 3.67. The van der Waals surface area contributed by atoms with Crippen molar-refractivity contribution in [2.45, 2.75) is 46.1 Å². The van der Waals surface area contributed by atoms with Crippen LogP contribution < -0.4 is 20.3 Å². The van der Waals surface area contributed by atoms with E-state index in [0.29, 0.717) is 18.0 Å². The van der Waals surface area contributed by atoms with Gasteiger partial charge in [0.1, 0.15) is 5.75 Å². The molecule has 0 bridgehead atoms. The van der Waals surface area contributed by atoms with Gasteiger partial charge in [0.2, 0.25) is 0 Å². The lowest BCUT2D eigenvalue weighted by molar-refractivity contribution is -0.136. The summed E-state index contributed by atoms with van der Waals surface area (Å²) in [5.74, 6) is -0.644. The number of carbonyl (C=O) groups excluding carboxylic acids is 2. The first-order chi connectivity index (χ1) is 14.5. The molecule has 2 aromatic carbocycles. The Morgan fingerprint density at radius 3 is 2.40 bits per heavy atom. The predicted octanol–water partition coefficient (Wildman–Crippen LogP) is 4.20. The molecule has 0 aromatic heterocycles. The van der Waals surface area contributed by atoms with Crippen LogP contribution in [0.25, 0.3) is 0 Å². The molecule has 1 heterocycles. The van der Waals surface area contributed by atoms with Gasteiger partial charge in [-0.15, -0.1) is 0 Å². The summed E-state index contributed by atoms with van der Waals surface area (Å²) in [6, 6.07) is 13.1. The van der Waals surface area contributed by atoms with Crippen molar-refractivity contribution in [2.24, 2.45) is 0 Å². The van der Waals surface area contributed by atoms with Gasteiger partial charge in [-0.25, -0.2) is 0 Å². The summed E-state index contributed by atoms with van der Waals surface area (Å²) in [4.78, 5) is 27.2. The third kappa shape index (κ3) is 5.53. The summed E-state index contributed by atoms with van der Waals surface area (Å²) >= 11 is 0. The van der Waals surface area contributed by atoms with Crippen LogP contribution >= 0.6 is 0 Å². The van der Waals surface area contributed by atoms with Gasteiger partial charge >= 0.3 is 11.8 Å². The zero-order valence-corrected chi connectivity index (χ0v) is 18.0. The van der Waals surface area contributed by atoms with E-state index >= 15 is 0 Å². The maximum Gasteiger partial charge on any atom is 0.313 e. The van der Waals surface area contributed by atoms with Gasteiger partial charge in [0.25, 0.3) is 0 Å². The van der Waals surface area contributed by atoms with Crippen LogP contribution in [0.3, 0.4) is 0 Å². The van der Waals surface area contributed by atoms with Crippen LogP contribution in [-0.4, -0.2) is 31.5 Å². The van der Waals surface area contributed by atoms with Crippen LogP contribution in [0.1, 0.15) is 50.3 Å². The lowest BCUT2D eigenvalue weighted by Gasteiger charge is -2.28. The molecule has 1 aliphatic rings. The van der Waals surface area contributed by atoms with Crippen molar-refractivity contribution < 1.29 is 14.3 Å². The van der Waals surface area contributed by atoms with Crippen molar-refractivity contribution in [1.82, 2.24) is 5.32 Å². The molecule has 2 N–H and O–H groups in total. The number of hydrogen-bond donors (Lipinski definition) is 2. The highest BCUT2D eigenvalue weighted by atomic mass is 16.5. The first-order valence-corrected chi connectivity index (χ1v) is 10.7. The van der Waals surface area contributed by atoms with Crippen LogP contribution in [-0.2, 0) is 9.59 Å². The molecule has 0 aliphatic carbocycles. The molecule has 6 nitrogen and oxygen atoms in total. The second-order valence-corrected chi connectivity index (χ2v) is 7.72. The minimum Gasteiger partial charge on any atom is -0.494 e.